The molecule has 0 fully saturated rings. The van der Waals surface area contributed by atoms with Crippen LogP contribution in [0.1, 0.15) is 32.8 Å². The molecule has 2 N–H and O–H groups in total. The van der Waals surface area contributed by atoms with Gasteiger partial charge in [-0.1, -0.05) is 37.3 Å². The molecule has 0 aliphatic carbocycles. The zero-order chi connectivity index (χ0) is 14.9. The van der Waals surface area contributed by atoms with Gasteiger partial charge in [-0.15, -0.1) is 0 Å². The van der Waals surface area contributed by atoms with Gasteiger partial charge in [0.25, 0.3) is 0 Å². The van der Waals surface area contributed by atoms with Gasteiger partial charge in [0.05, 0.1) is 5.52 Å². The van der Waals surface area contributed by atoms with Gasteiger partial charge in [0.2, 0.25) is 0 Å². The lowest BCUT2D eigenvalue weighted by Gasteiger charge is -2.36. The molecule has 0 amide bonds. The number of para-hydroxylation sites is 1. The Balaban J connectivity index is 2.64. The Kier molecular flexibility index (Phi) is 3.95. The summed E-state index contributed by atoms with van der Waals surface area (Å²) in [7, 11) is 2.06. The van der Waals surface area contributed by atoms with Crippen molar-refractivity contribution in [1.29, 1.82) is 0 Å². The van der Waals surface area contributed by atoms with Crippen LogP contribution in [-0.4, -0.2) is 22.6 Å². The number of hydrogen-bond acceptors (Lipinski definition) is 3. The first-order valence-electron chi connectivity index (χ1n) is 6.80. The average molecular weight is 287 g/mol. The lowest BCUT2D eigenvalue weighted by Crippen LogP contribution is -2.41. The minimum atomic E-state index is 0.0307. The molecule has 2 rings (SSSR count). The summed E-state index contributed by atoms with van der Waals surface area (Å²) in [5.41, 5.74) is 7.72. The summed E-state index contributed by atoms with van der Waals surface area (Å²) in [6.45, 7) is 6.57. The highest BCUT2D eigenvalue weighted by Gasteiger charge is 2.23. The van der Waals surface area contributed by atoms with Crippen LogP contribution in [0.25, 0.3) is 10.9 Å². The SMILES string of the molecule is CCC(C)(C)N(C)c1cc(C(N)=S)c2ccccc2n1. The highest BCUT2D eigenvalue weighted by molar-refractivity contribution is 7.80. The number of fused-ring (bicyclic) bond motifs is 1. The zero-order valence-corrected chi connectivity index (χ0v) is 13.3. The third-order valence-corrected chi connectivity index (χ3v) is 4.30. The smallest absolute Gasteiger partial charge is 0.130 e. The first-order chi connectivity index (χ1) is 9.36. The number of rotatable bonds is 4. The van der Waals surface area contributed by atoms with Gasteiger partial charge >= 0.3 is 0 Å². The number of benzene rings is 1. The van der Waals surface area contributed by atoms with E-state index in [1.165, 1.54) is 0 Å². The van der Waals surface area contributed by atoms with E-state index in [1.54, 1.807) is 0 Å². The number of nitrogens with two attached hydrogens (primary N) is 1. The molecule has 0 saturated heterocycles. The van der Waals surface area contributed by atoms with Crippen molar-refractivity contribution >= 4 is 33.9 Å². The summed E-state index contributed by atoms with van der Waals surface area (Å²) >= 11 is 5.19. The standard InChI is InChI=1S/C16H21N3S/c1-5-16(2,3)19(4)14-10-12(15(17)20)11-8-6-7-9-13(11)18-14/h6-10H,5H2,1-4H3,(H2,17,20). The van der Waals surface area contributed by atoms with E-state index in [0.717, 1.165) is 28.7 Å². The zero-order valence-electron chi connectivity index (χ0n) is 12.5. The van der Waals surface area contributed by atoms with Gasteiger partial charge in [0, 0.05) is 23.5 Å². The predicted octanol–water partition coefficient (Wildman–Crippen LogP) is 3.49. The quantitative estimate of drug-likeness (QED) is 0.874. The molecule has 0 spiro atoms. The van der Waals surface area contributed by atoms with E-state index >= 15 is 0 Å². The molecular formula is C16H21N3S. The molecule has 1 aromatic carbocycles. The summed E-state index contributed by atoms with van der Waals surface area (Å²) < 4.78 is 0. The van der Waals surface area contributed by atoms with Gasteiger partial charge in [-0.25, -0.2) is 4.98 Å². The second kappa shape index (κ2) is 5.37. The molecule has 1 aromatic heterocycles. The van der Waals surface area contributed by atoms with E-state index in [9.17, 15) is 0 Å². The Labute approximate surface area is 125 Å². The van der Waals surface area contributed by atoms with Crippen molar-refractivity contribution in [2.45, 2.75) is 32.7 Å². The van der Waals surface area contributed by atoms with Crippen molar-refractivity contribution in [2.24, 2.45) is 5.73 Å². The molecule has 0 atom stereocenters. The van der Waals surface area contributed by atoms with E-state index in [2.05, 4.69) is 32.7 Å². The highest BCUT2D eigenvalue weighted by Crippen LogP contribution is 2.27. The molecule has 0 aliphatic rings. The third-order valence-electron chi connectivity index (χ3n) is 4.08. The maximum Gasteiger partial charge on any atom is 0.130 e. The molecule has 0 saturated carbocycles. The topological polar surface area (TPSA) is 42.1 Å². The summed E-state index contributed by atoms with van der Waals surface area (Å²) in [6, 6.07) is 9.94. The van der Waals surface area contributed by atoms with Crippen molar-refractivity contribution in [2.75, 3.05) is 11.9 Å². The van der Waals surface area contributed by atoms with E-state index in [4.69, 9.17) is 22.9 Å². The fourth-order valence-electron chi connectivity index (χ4n) is 2.08. The monoisotopic (exact) mass is 287 g/mol. The van der Waals surface area contributed by atoms with Gasteiger partial charge in [-0.05, 0) is 32.4 Å². The van der Waals surface area contributed by atoms with Crippen molar-refractivity contribution in [3.63, 3.8) is 0 Å². The van der Waals surface area contributed by atoms with E-state index < -0.39 is 0 Å². The fourth-order valence-corrected chi connectivity index (χ4v) is 2.25. The number of anilines is 1. The molecule has 3 nitrogen and oxygen atoms in total. The molecule has 1 heterocycles. The maximum atomic E-state index is 5.88. The summed E-state index contributed by atoms with van der Waals surface area (Å²) in [6.07, 6.45) is 1.03. The van der Waals surface area contributed by atoms with Crippen molar-refractivity contribution in [1.82, 2.24) is 4.98 Å². The Morgan fingerprint density at radius 1 is 1.35 bits per heavy atom. The lowest BCUT2D eigenvalue weighted by atomic mass is 9.99. The molecule has 0 unspecified atom stereocenters. The maximum absolute atomic E-state index is 5.88. The van der Waals surface area contributed by atoms with E-state index in [-0.39, 0.29) is 5.54 Å². The van der Waals surface area contributed by atoms with Gasteiger partial charge in [-0.3, -0.25) is 0 Å². The number of aromatic nitrogens is 1. The minimum Gasteiger partial charge on any atom is -0.389 e. The lowest BCUT2D eigenvalue weighted by molar-refractivity contribution is 0.467. The summed E-state index contributed by atoms with van der Waals surface area (Å²) in [4.78, 5) is 7.33. The van der Waals surface area contributed by atoms with Crippen molar-refractivity contribution < 1.29 is 0 Å². The molecule has 106 valence electrons. The largest absolute Gasteiger partial charge is 0.389 e. The van der Waals surface area contributed by atoms with Crippen LogP contribution in [0.2, 0.25) is 0 Å². The predicted molar refractivity (Wildman–Crippen MR) is 90.4 cm³/mol. The van der Waals surface area contributed by atoms with E-state index in [1.807, 2.05) is 30.3 Å². The van der Waals surface area contributed by atoms with Crippen LogP contribution in [0.15, 0.2) is 30.3 Å². The van der Waals surface area contributed by atoms with Crippen LogP contribution in [0.3, 0.4) is 0 Å². The average Bonchev–Trinajstić information content (AvgIpc) is 2.45. The van der Waals surface area contributed by atoms with Gasteiger partial charge in [0.15, 0.2) is 0 Å². The van der Waals surface area contributed by atoms with Crippen LogP contribution in [0.5, 0.6) is 0 Å². The minimum absolute atomic E-state index is 0.0307. The van der Waals surface area contributed by atoms with Crippen LogP contribution in [0, 0.1) is 0 Å². The summed E-state index contributed by atoms with van der Waals surface area (Å²) in [5, 5.41) is 1.01. The number of nitrogens with zero attached hydrogens (tertiary/aromatic N) is 2. The summed E-state index contributed by atoms with van der Waals surface area (Å²) in [5.74, 6) is 0.901. The molecule has 0 bridgehead atoms. The fraction of sp³-hybridized carbons (Fsp3) is 0.375. The van der Waals surface area contributed by atoms with Gasteiger partial charge < -0.3 is 10.6 Å². The van der Waals surface area contributed by atoms with Crippen LogP contribution in [-0.2, 0) is 0 Å². The van der Waals surface area contributed by atoms with Gasteiger partial charge in [-0.2, -0.15) is 0 Å². The van der Waals surface area contributed by atoms with E-state index in [0.29, 0.717) is 4.99 Å². The number of pyridine rings is 1. The Morgan fingerprint density at radius 2 is 2.00 bits per heavy atom. The number of hydrogen-bond donors (Lipinski definition) is 1. The van der Waals surface area contributed by atoms with Crippen LogP contribution >= 0.6 is 12.2 Å². The molecule has 0 radical (unpaired) electrons. The first kappa shape index (κ1) is 14.7. The first-order valence-corrected chi connectivity index (χ1v) is 7.21. The molecule has 2 aromatic rings. The molecule has 4 heteroatoms. The molecule has 0 aliphatic heterocycles. The van der Waals surface area contributed by atoms with Crippen molar-refractivity contribution in [3.05, 3.63) is 35.9 Å². The second-order valence-corrected chi connectivity index (χ2v) is 6.07. The normalized spacial score (nSPS) is 11.6. The van der Waals surface area contributed by atoms with Crippen LogP contribution in [0.4, 0.5) is 5.82 Å². The van der Waals surface area contributed by atoms with Crippen molar-refractivity contribution in [3.8, 4) is 0 Å². The Hall–Kier alpha value is -1.68. The second-order valence-electron chi connectivity index (χ2n) is 5.63. The molecule has 20 heavy (non-hydrogen) atoms. The molecular weight excluding hydrogens is 266 g/mol. The Bertz CT molecular complexity index is 649. The van der Waals surface area contributed by atoms with Crippen LogP contribution < -0.4 is 10.6 Å². The third kappa shape index (κ3) is 2.61. The number of thiocarbonyl (C=S) groups is 1. The Morgan fingerprint density at radius 3 is 2.60 bits per heavy atom. The highest BCUT2D eigenvalue weighted by atomic mass is 32.1. The van der Waals surface area contributed by atoms with Gasteiger partial charge in [0.1, 0.15) is 10.8 Å².